The number of nitrogens with two attached hydrogens (primary N) is 1. The molecule has 0 aliphatic carbocycles. The molecule has 9 N–H and O–H groups in total. The number of carbonyl (C=O) groups excluding carboxylic acids is 4. The first-order valence-corrected chi connectivity index (χ1v) is 13.6. The summed E-state index contributed by atoms with van der Waals surface area (Å²) in [5.41, 5.74) is 7.76. The third-order valence-electron chi connectivity index (χ3n) is 6.78. The lowest BCUT2D eigenvalue weighted by molar-refractivity contribution is -0.142. The quantitative estimate of drug-likeness (QED) is 0.0647. The molecule has 13 nitrogen and oxygen atoms in total. The first kappa shape index (κ1) is 32.3. The zero-order valence-electron chi connectivity index (χ0n) is 23.4. The molecule has 0 saturated carbocycles. The summed E-state index contributed by atoms with van der Waals surface area (Å²) in [5, 5.41) is 27.5. The molecule has 2 heterocycles. The van der Waals surface area contributed by atoms with E-state index in [1.165, 1.54) is 7.05 Å². The number of hydrogen-bond donors (Lipinski definition) is 8. The van der Waals surface area contributed by atoms with Crippen molar-refractivity contribution < 1.29 is 29.1 Å². The number of hydrogen-bond acceptors (Lipinski definition) is 7. The molecule has 2 aliphatic rings. The smallest absolute Gasteiger partial charge is 0.247 e. The van der Waals surface area contributed by atoms with Gasteiger partial charge in [0.15, 0.2) is 5.96 Å². The molecule has 2 aliphatic heterocycles. The maximum atomic E-state index is 13.7. The molecule has 0 aromatic heterocycles. The van der Waals surface area contributed by atoms with Crippen molar-refractivity contribution >= 4 is 29.6 Å². The Balaban J connectivity index is 2.36. The van der Waals surface area contributed by atoms with Gasteiger partial charge in [0.25, 0.3) is 0 Å². The van der Waals surface area contributed by atoms with E-state index in [2.05, 4.69) is 21.3 Å². The molecular formula is C27H43N7O6. The van der Waals surface area contributed by atoms with Crippen LogP contribution in [-0.4, -0.2) is 67.1 Å². The van der Waals surface area contributed by atoms with Gasteiger partial charge in [0.05, 0.1) is 12.5 Å². The minimum atomic E-state index is -1.04. The number of hydroxylamine groups is 1. The molecule has 0 unspecified atom stereocenters. The van der Waals surface area contributed by atoms with Crippen molar-refractivity contribution in [1.29, 1.82) is 5.41 Å². The normalized spacial score (nSPS) is 20.3. The Labute approximate surface area is 234 Å². The highest BCUT2D eigenvalue weighted by molar-refractivity contribution is 5.94. The summed E-state index contributed by atoms with van der Waals surface area (Å²) >= 11 is 0. The first-order chi connectivity index (χ1) is 19.0. The van der Waals surface area contributed by atoms with Gasteiger partial charge in [0.1, 0.15) is 17.8 Å². The number of rotatable bonds is 10. The summed E-state index contributed by atoms with van der Waals surface area (Å²) in [6.07, 6.45) is 1.97. The summed E-state index contributed by atoms with van der Waals surface area (Å²) in [7, 11) is 1.46. The van der Waals surface area contributed by atoms with E-state index in [1.807, 2.05) is 26.0 Å². The Morgan fingerprint density at radius 3 is 2.50 bits per heavy atom. The van der Waals surface area contributed by atoms with Gasteiger partial charge in [-0.25, -0.2) is 5.48 Å². The molecule has 0 fully saturated rings. The van der Waals surface area contributed by atoms with Crippen LogP contribution in [0.15, 0.2) is 24.3 Å². The fourth-order valence-corrected chi connectivity index (χ4v) is 4.74. The van der Waals surface area contributed by atoms with Crippen molar-refractivity contribution in [2.45, 2.75) is 64.5 Å². The minimum Gasteiger partial charge on any atom is -0.494 e. The second-order valence-corrected chi connectivity index (χ2v) is 10.4. The lowest BCUT2D eigenvalue weighted by Crippen LogP contribution is -2.55. The van der Waals surface area contributed by atoms with Crippen molar-refractivity contribution in [3.63, 3.8) is 0 Å². The molecule has 222 valence electrons. The van der Waals surface area contributed by atoms with E-state index in [9.17, 15) is 24.4 Å². The average molecular weight is 562 g/mol. The first-order valence-electron chi connectivity index (χ1n) is 13.6. The van der Waals surface area contributed by atoms with E-state index < -0.39 is 47.5 Å². The Hall–Kier alpha value is -3.87. The number of fused-ring (bicyclic) bond motifs is 11. The van der Waals surface area contributed by atoms with Crippen LogP contribution in [0.4, 0.5) is 0 Å². The van der Waals surface area contributed by atoms with E-state index in [0.717, 1.165) is 5.56 Å². The summed E-state index contributed by atoms with van der Waals surface area (Å²) in [4.78, 5) is 52.4. The maximum Gasteiger partial charge on any atom is 0.247 e. The standard InChI is InChI=1S/C27H43N7O6/c1-16(2)14-20-19(24(36)34-39)6-5-13-40-18-10-8-17(9-11-18)15-22(33-23(20)35)26(38)32-21(25(37)30-3)7-4-12-31-27(28)29/h8-11,16,19-22,39H,4-7,12-15H2,1-3H3,(H,30,37)(H,32,38)(H,33,35)(H,34,36)(H4,28,29,31)/t19-,20+,21-,22-/m0/s1. The van der Waals surface area contributed by atoms with Crippen LogP contribution in [-0.2, 0) is 25.6 Å². The molecule has 13 heteroatoms. The highest BCUT2D eigenvalue weighted by Gasteiger charge is 2.36. The molecule has 1 aromatic rings. The van der Waals surface area contributed by atoms with Crippen LogP contribution in [0.1, 0.15) is 51.5 Å². The van der Waals surface area contributed by atoms with Crippen LogP contribution in [0, 0.1) is 23.2 Å². The van der Waals surface area contributed by atoms with E-state index in [1.54, 1.807) is 17.6 Å². The molecule has 1 aromatic carbocycles. The van der Waals surface area contributed by atoms with E-state index in [4.69, 9.17) is 15.9 Å². The SMILES string of the molecule is CNC(=O)[C@H](CCCNC(=N)N)NC(=O)[C@@H]1Cc2ccc(cc2)OCCC[C@H](C(=O)NO)[C@@H](CC(C)C)C(=O)N1. The van der Waals surface area contributed by atoms with Crippen LogP contribution < -0.4 is 37.2 Å². The number of ether oxygens (including phenoxy) is 1. The lowest BCUT2D eigenvalue weighted by atomic mass is 9.81. The van der Waals surface area contributed by atoms with Crippen LogP contribution in [0.3, 0.4) is 0 Å². The van der Waals surface area contributed by atoms with E-state index in [-0.39, 0.29) is 24.7 Å². The topological polar surface area (TPSA) is 208 Å². The van der Waals surface area contributed by atoms with Gasteiger partial charge in [0.2, 0.25) is 23.6 Å². The molecular weight excluding hydrogens is 518 g/mol. The Kier molecular flexibility index (Phi) is 13.2. The highest BCUT2D eigenvalue weighted by Crippen LogP contribution is 2.27. The van der Waals surface area contributed by atoms with Crippen LogP contribution in [0.5, 0.6) is 5.75 Å². The number of benzene rings is 1. The zero-order chi connectivity index (χ0) is 29.7. The zero-order valence-corrected chi connectivity index (χ0v) is 23.4. The van der Waals surface area contributed by atoms with Gasteiger partial charge in [-0.1, -0.05) is 26.0 Å². The minimum absolute atomic E-state index is 0.0557. The van der Waals surface area contributed by atoms with Gasteiger partial charge >= 0.3 is 0 Å². The number of amides is 4. The largest absolute Gasteiger partial charge is 0.494 e. The van der Waals surface area contributed by atoms with Crippen molar-refractivity contribution in [3.05, 3.63) is 29.8 Å². The lowest BCUT2D eigenvalue weighted by Gasteiger charge is -2.29. The predicted octanol–water partition coefficient (Wildman–Crippen LogP) is 0.164. The van der Waals surface area contributed by atoms with Gasteiger partial charge in [-0.15, -0.1) is 0 Å². The fraction of sp³-hybridized carbons (Fsp3) is 0.593. The predicted molar refractivity (Wildman–Crippen MR) is 148 cm³/mol. The number of guanidine groups is 1. The van der Waals surface area contributed by atoms with Crippen LogP contribution in [0.2, 0.25) is 0 Å². The summed E-state index contributed by atoms with van der Waals surface area (Å²) in [5.74, 6) is -3.26. The molecule has 3 rings (SSSR count). The van der Waals surface area contributed by atoms with Crippen molar-refractivity contribution in [3.8, 4) is 5.75 Å². The van der Waals surface area contributed by atoms with Crippen LogP contribution in [0.25, 0.3) is 0 Å². The monoisotopic (exact) mass is 561 g/mol. The summed E-state index contributed by atoms with van der Waals surface area (Å²) in [6, 6.07) is 5.23. The van der Waals surface area contributed by atoms with Crippen molar-refractivity contribution in [2.75, 3.05) is 20.2 Å². The number of carbonyl (C=O) groups is 4. The van der Waals surface area contributed by atoms with E-state index >= 15 is 0 Å². The van der Waals surface area contributed by atoms with Crippen molar-refractivity contribution in [2.24, 2.45) is 23.5 Å². The third kappa shape index (κ3) is 10.4. The molecule has 0 spiro atoms. The highest BCUT2D eigenvalue weighted by atomic mass is 16.5. The number of nitrogens with one attached hydrogen (secondary N) is 6. The van der Waals surface area contributed by atoms with Gasteiger partial charge in [-0.3, -0.25) is 29.8 Å². The maximum absolute atomic E-state index is 13.7. The Morgan fingerprint density at radius 2 is 1.90 bits per heavy atom. The van der Waals surface area contributed by atoms with Crippen LogP contribution >= 0.6 is 0 Å². The summed E-state index contributed by atoms with van der Waals surface area (Å²) in [6.45, 7) is 4.53. The average Bonchev–Trinajstić information content (AvgIpc) is 2.92. The molecule has 0 radical (unpaired) electrons. The van der Waals surface area contributed by atoms with Gasteiger partial charge in [0, 0.05) is 25.9 Å². The van der Waals surface area contributed by atoms with Crippen molar-refractivity contribution in [1.82, 2.24) is 26.7 Å². The Morgan fingerprint density at radius 1 is 1.20 bits per heavy atom. The van der Waals surface area contributed by atoms with E-state index in [0.29, 0.717) is 44.6 Å². The molecule has 4 amide bonds. The molecule has 40 heavy (non-hydrogen) atoms. The summed E-state index contributed by atoms with van der Waals surface area (Å²) < 4.78 is 5.79. The molecule has 4 atom stereocenters. The third-order valence-corrected chi connectivity index (χ3v) is 6.78. The molecule has 2 bridgehead atoms. The van der Waals surface area contributed by atoms with Gasteiger partial charge in [-0.2, -0.15) is 0 Å². The van der Waals surface area contributed by atoms with Gasteiger partial charge in [-0.05, 0) is 55.7 Å². The second kappa shape index (κ2) is 16.3. The van der Waals surface area contributed by atoms with Gasteiger partial charge < -0.3 is 31.7 Å². The Bertz CT molecular complexity index is 1020. The second-order valence-electron chi connectivity index (χ2n) is 10.4. The molecule has 0 saturated heterocycles. The fourth-order valence-electron chi connectivity index (χ4n) is 4.74. The number of likely N-dealkylation sites (N-methyl/N-ethyl adjacent to an activating group) is 1.